The van der Waals surface area contributed by atoms with Crippen LogP contribution < -0.4 is 10.6 Å². The van der Waals surface area contributed by atoms with E-state index in [-0.39, 0.29) is 23.2 Å². The van der Waals surface area contributed by atoms with Crippen LogP contribution in [-0.4, -0.2) is 55.4 Å². The fourth-order valence-electron chi connectivity index (χ4n) is 1.94. The van der Waals surface area contributed by atoms with Gasteiger partial charge < -0.3 is 15.5 Å². The molecule has 0 fully saturated rings. The third kappa shape index (κ3) is 7.74. The van der Waals surface area contributed by atoms with Crippen LogP contribution in [0, 0.1) is 5.92 Å². The number of amides is 2. The molecule has 2 amide bonds. The van der Waals surface area contributed by atoms with Gasteiger partial charge in [-0.05, 0) is 51.5 Å². The molecule has 0 radical (unpaired) electrons. The molecular weight excluding hydrogens is 292 g/mol. The topological polar surface area (TPSA) is 74.3 Å². The number of pyridine rings is 1. The number of aromatic nitrogens is 1. The monoisotopic (exact) mass is 320 g/mol. The van der Waals surface area contributed by atoms with Gasteiger partial charge >= 0.3 is 0 Å². The number of nitrogens with zero attached hydrogens (tertiary/aromatic N) is 2. The van der Waals surface area contributed by atoms with E-state index in [4.69, 9.17) is 0 Å². The minimum absolute atomic E-state index is 0.243. The van der Waals surface area contributed by atoms with Gasteiger partial charge in [0.1, 0.15) is 11.4 Å². The van der Waals surface area contributed by atoms with Crippen molar-refractivity contribution in [2.24, 2.45) is 5.92 Å². The summed E-state index contributed by atoms with van der Waals surface area (Å²) in [5.41, 5.74) is 0.543. The molecule has 6 heteroatoms. The van der Waals surface area contributed by atoms with Gasteiger partial charge in [0, 0.05) is 13.1 Å². The average Bonchev–Trinajstić information content (AvgIpc) is 2.50. The van der Waals surface area contributed by atoms with Crippen molar-refractivity contribution in [3.05, 3.63) is 29.6 Å². The SMILES string of the molecule is CC(C)CCNC(=O)c1cccc(C(=O)NCCCN(C)C)n1. The molecule has 1 aromatic rings. The van der Waals surface area contributed by atoms with Crippen LogP contribution >= 0.6 is 0 Å². The molecule has 1 rings (SSSR count). The number of carbonyl (C=O) groups excluding carboxylic acids is 2. The second-order valence-electron chi connectivity index (χ2n) is 6.26. The molecule has 23 heavy (non-hydrogen) atoms. The summed E-state index contributed by atoms with van der Waals surface area (Å²) in [6, 6.07) is 4.92. The second-order valence-corrected chi connectivity index (χ2v) is 6.26. The summed E-state index contributed by atoms with van der Waals surface area (Å²) >= 11 is 0. The molecule has 0 atom stereocenters. The highest BCUT2D eigenvalue weighted by atomic mass is 16.2. The van der Waals surface area contributed by atoms with Crippen LogP contribution in [0.15, 0.2) is 18.2 Å². The molecule has 0 aliphatic rings. The first-order valence-corrected chi connectivity index (χ1v) is 8.08. The number of carbonyl (C=O) groups is 2. The second kappa shape index (κ2) is 9.94. The molecule has 2 N–H and O–H groups in total. The Morgan fingerprint density at radius 2 is 1.65 bits per heavy atom. The Bertz CT molecular complexity index is 515. The zero-order valence-electron chi connectivity index (χ0n) is 14.6. The van der Waals surface area contributed by atoms with Crippen molar-refractivity contribution in [1.29, 1.82) is 0 Å². The van der Waals surface area contributed by atoms with Gasteiger partial charge in [0.05, 0.1) is 0 Å². The molecule has 6 nitrogen and oxygen atoms in total. The largest absolute Gasteiger partial charge is 0.351 e. The molecule has 0 saturated heterocycles. The van der Waals surface area contributed by atoms with Gasteiger partial charge in [-0.3, -0.25) is 9.59 Å². The van der Waals surface area contributed by atoms with Gasteiger partial charge in [-0.25, -0.2) is 4.98 Å². The lowest BCUT2D eigenvalue weighted by Crippen LogP contribution is -2.29. The Hall–Kier alpha value is -1.95. The van der Waals surface area contributed by atoms with E-state index >= 15 is 0 Å². The number of hydrogen-bond acceptors (Lipinski definition) is 4. The standard InChI is InChI=1S/C17H28N4O2/c1-13(2)9-11-19-17(23)15-8-5-7-14(20-15)16(22)18-10-6-12-21(3)4/h5,7-8,13H,6,9-12H2,1-4H3,(H,18,22)(H,19,23). The van der Waals surface area contributed by atoms with Gasteiger partial charge in [-0.2, -0.15) is 0 Å². The summed E-state index contributed by atoms with van der Waals surface area (Å²) < 4.78 is 0. The van der Waals surface area contributed by atoms with Crippen LogP contribution in [0.4, 0.5) is 0 Å². The van der Waals surface area contributed by atoms with E-state index in [0.29, 0.717) is 19.0 Å². The Kier molecular flexibility index (Phi) is 8.26. The Morgan fingerprint density at radius 1 is 1.09 bits per heavy atom. The van der Waals surface area contributed by atoms with E-state index < -0.39 is 0 Å². The first kappa shape index (κ1) is 19.1. The van der Waals surface area contributed by atoms with Crippen molar-refractivity contribution in [2.75, 3.05) is 33.7 Å². The predicted molar refractivity (Wildman–Crippen MR) is 91.5 cm³/mol. The lowest BCUT2D eigenvalue weighted by Gasteiger charge is -2.10. The summed E-state index contributed by atoms with van der Waals surface area (Å²) in [5.74, 6) is 0.0380. The minimum atomic E-state index is -0.249. The summed E-state index contributed by atoms with van der Waals surface area (Å²) in [5, 5.41) is 5.64. The van der Waals surface area contributed by atoms with Gasteiger partial charge in [0.2, 0.25) is 0 Å². The molecule has 1 aromatic heterocycles. The Morgan fingerprint density at radius 3 is 2.17 bits per heavy atom. The first-order chi connectivity index (χ1) is 10.9. The first-order valence-electron chi connectivity index (χ1n) is 8.08. The van der Waals surface area contributed by atoms with Crippen molar-refractivity contribution in [3.63, 3.8) is 0 Å². The smallest absolute Gasteiger partial charge is 0.269 e. The Balaban J connectivity index is 2.51. The normalized spacial score (nSPS) is 10.9. The maximum absolute atomic E-state index is 12.0. The highest BCUT2D eigenvalue weighted by Gasteiger charge is 2.11. The summed E-state index contributed by atoms with van der Waals surface area (Å²) in [7, 11) is 3.98. The van der Waals surface area contributed by atoms with Crippen LogP contribution in [-0.2, 0) is 0 Å². The van der Waals surface area contributed by atoms with Crippen LogP contribution in [0.1, 0.15) is 47.7 Å². The zero-order valence-corrected chi connectivity index (χ0v) is 14.6. The van der Waals surface area contributed by atoms with Crippen LogP contribution in [0.25, 0.3) is 0 Å². The summed E-state index contributed by atoms with van der Waals surface area (Å²) in [6.45, 7) is 6.31. The molecule has 0 saturated carbocycles. The summed E-state index contributed by atoms with van der Waals surface area (Å²) in [4.78, 5) is 30.3. The lowest BCUT2D eigenvalue weighted by atomic mass is 10.1. The third-order valence-corrected chi connectivity index (χ3v) is 3.29. The van der Waals surface area contributed by atoms with Gasteiger partial charge in [-0.1, -0.05) is 19.9 Å². The number of nitrogens with one attached hydrogen (secondary N) is 2. The Labute approximate surface area is 138 Å². The molecule has 0 aliphatic heterocycles. The van der Waals surface area contributed by atoms with E-state index in [1.807, 2.05) is 14.1 Å². The fourth-order valence-corrected chi connectivity index (χ4v) is 1.94. The number of rotatable bonds is 9. The van der Waals surface area contributed by atoms with Crippen molar-refractivity contribution in [2.45, 2.75) is 26.7 Å². The van der Waals surface area contributed by atoms with E-state index in [1.54, 1.807) is 18.2 Å². The predicted octanol–water partition coefficient (Wildman–Crippen LogP) is 1.54. The van der Waals surface area contributed by atoms with Crippen molar-refractivity contribution in [3.8, 4) is 0 Å². The highest BCUT2D eigenvalue weighted by molar-refractivity contribution is 5.96. The molecule has 0 aromatic carbocycles. The van der Waals surface area contributed by atoms with Gasteiger partial charge in [0.15, 0.2) is 0 Å². The van der Waals surface area contributed by atoms with Crippen LogP contribution in [0.3, 0.4) is 0 Å². The maximum Gasteiger partial charge on any atom is 0.269 e. The number of hydrogen-bond donors (Lipinski definition) is 2. The molecule has 0 aliphatic carbocycles. The molecular formula is C17H28N4O2. The van der Waals surface area contributed by atoms with Gasteiger partial charge in [-0.15, -0.1) is 0 Å². The molecule has 0 spiro atoms. The quantitative estimate of drug-likeness (QED) is 0.677. The zero-order chi connectivity index (χ0) is 17.2. The molecule has 128 valence electrons. The van der Waals surface area contributed by atoms with Crippen LogP contribution in [0.5, 0.6) is 0 Å². The minimum Gasteiger partial charge on any atom is -0.351 e. The molecule has 1 heterocycles. The van der Waals surface area contributed by atoms with E-state index in [2.05, 4.69) is 34.4 Å². The third-order valence-electron chi connectivity index (χ3n) is 3.29. The summed E-state index contributed by atoms with van der Waals surface area (Å²) in [6.07, 6.45) is 1.78. The lowest BCUT2D eigenvalue weighted by molar-refractivity contribution is 0.0943. The fraction of sp³-hybridized carbons (Fsp3) is 0.588. The maximum atomic E-state index is 12.0. The highest BCUT2D eigenvalue weighted by Crippen LogP contribution is 2.01. The van der Waals surface area contributed by atoms with E-state index in [9.17, 15) is 9.59 Å². The van der Waals surface area contributed by atoms with Crippen molar-refractivity contribution < 1.29 is 9.59 Å². The van der Waals surface area contributed by atoms with Crippen LogP contribution in [0.2, 0.25) is 0 Å². The van der Waals surface area contributed by atoms with Crippen molar-refractivity contribution >= 4 is 11.8 Å². The van der Waals surface area contributed by atoms with Gasteiger partial charge in [0.25, 0.3) is 11.8 Å². The molecule has 0 unspecified atom stereocenters. The van der Waals surface area contributed by atoms with Crippen molar-refractivity contribution in [1.82, 2.24) is 20.5 Å². The van der Waals surface area contributed by atoms with E-state index in [1.165, 1.54) is 0 Å². The van der Waals surface area contributed by atoms with E-state index in [0.717, 1.165) is 19.4 Å². The average molecular weight is 320 g/mol. The molecule has 0 bridgehead atoms.